The van der Waals surface area contributed by atoms with Gasteiger partial charge in [0.25, 0.3) is 0 Å². The van der Waals surface area contributed by atoms with Crippen LogP contribution in [-0.2, 0) is 0 Å². The standard InChI is InChI=1S/C11H18N2/c1-3-5-10-13(4-2)11-6-8-12-9-7-11/h6-9H,3-5,10H2,1-2H3. The van der Waals surface area contributed by atoms with Crippen molar-refractivity contribution in [3.63, 3.8) is 0 Å². The highest BCUT2D eigenvalue weighted by molar-refractivity contribution is 5.44. The molecule has 0 unspecified atom stereocenters. The summed E-state index contributed by atoms with van der Waals surface area (Å²) in [7, 11) is 0. The van der Waals surface area contributed by atoms with Gasteiger partial charge in [-0.1, -0.05) is 13.3 Å². The van der Waals surface area contributed by atoms with Gasteiger partial charge in [-0.2, -0.15) is 0 Å². The van der Waals surface area contributed by atoms with Crippen LogP contribution in [-0.4, -0.2) is 18.1 Å². The van der Waals surface area contributed by atoms with Gasteiger partial charge in [-0.05, 0) is 25.5 Å². The summed E-state index contributed by atoms with van der Waals surface area (Å²) in [5, 5.41) is 0. The molecule has 2 nitrogen and oxygen atoms in total. The van der Waals surface area contributed by atoms with Gasteiger partial charge in [-0.3, -0.25) is 4.98 Å². The Morgan fingerprint density at radius 3 is 2.46 bits per heavy atom. The number of pyridine rings is 1. The van der Waals surface area contributed by atoms with Crippen molar-refractivity contribution in [2.24, 2.45) is 0 Å². The molecule has 0 aliphatic heterocycles. The second-order valence-corrected chi connectivity index (χ2v) is 3.14. The summed E-state index contributed by atoms with van der Waals surface area (Å²) < 4.78 is 0. The first-order valence-electron chi connectivity index (χ1n) is 5.03. The van der Waals surface area contributed by atoms with Crippen molar-refractivity contribution in [3.05, 3.63) is 24.5 Å². The van der Waals surface area contributed by atoms with E-state index in [1.54, 1.807) is 0 Å². The van der Waals surface area contributed by atoms with Gasteiger partial charge < -0.3 is 4.90 Å². The summed E-state index contributed by atoms with van der Waals surface area (Å²) in [5.74, 6) is 0. The van der Waals surface area contributed by atoms with Crippen LogP contribution in [0.3, 0.4) is 0 Å². The highest BCUT2D eigenvalue weighted by Gasteiger charge is 2.01. The van der Waals surface area contributed by atoms with E-state index in [2.05, 4.69) is 35.9 Å². The summed E-state index contributed by atoms with van der Waals surface area (Å²) in [6, 6.07) is 4.14. The molecule has 0 saturated heterocycles. The zero-order chi connectivity index (χ0) is 9.52. The smallest absolute Gasteiger partial charge is 0.0396 e. The van der Waals surface area contributed by atoms with Gasteiger partial charge in [0.1, 0.15) is 0 Å². The SMILES string of the molecule is CCCCN(CC)c1ccncc1. The Balaban J connectivity index is 2.56. The van der Waals surface area contributed by atoms with E-state index in [0.717, 1.165) is 13.1 Å². The van der Waals surface area contributed by atoms with E-state index >= 15 is 0 Å². The molecule has 72 valence electrons. The molecule has 0 bridgehead atoms. The molecule has 2 heteroatoms. The lowest BCUT2D eigenvalue weighted by molar-refractivity contribution is 0.732. The molecule has 13 heavy (non-hydrogen) atoms. The number of hydrogen-bond donors (Lipinski definition) is 0. The third-order valence-corrected chi connectivity index (χ3v) is 2.19. The van der Waals surface area contributed by atoms with Crippen molar-refractivity contribution < 1.29 is 0 Å². The molecule has 1 aromatic rings. The molecule has 0 atom stereocenters. The second-order valence-electron chi connectivity index (χ2n) is 3.14. The van der Waals surface area contributed by atoms with Gasteiger partial charge in [0.2, 0.25) is 0 Å². The molecule has 1 rings (SSSR count). The Kier molecular flexibility index (Phi) is 4.30. The minimum Gasteiger partial charge on any atom is -0.372 e. The first-order chi connectivity index (χ1) is 6.38. The summed E-state index contributed by atoms with van der Waals surface area (Å²) in [6.07, 6.45) is 6.21. The van der Waals surface area contributed by atoms with E-state index < -0.39 is 0 Å². The molecule has 0 aliphatic rings. The molecule has 0 N–H and O–H groups in total. The minimum atomic E-state index is 1.07. The van der Waals surface area contributed by atoms with Gasteiger partial charge in [0.15, 0.2) is 0 Å². The third-order valence-electron chi connectivity index (χ3n) is 2.19. The molecule has 0 aliphatic carbocycles. The lowest BCUT2D eigenvalue weighted by Crippen LogP contribution is -2.23. The number of hydrogen-bond acceptors (Lipinski definition) is 2. The van der Waals surface area contributed by atoms with Crippen LogP contribution in [0.25, 0.3) is 0 Å². The number of unbranched alkanes of at least 4 members (excludes halogenated alkanes) is 1. The summed E-state index contributed by atoms with van der Waals surface area (Å²) in [4.78, 5) is 6.40. The molecule has 1 aromatic heterocycles. The van der Waals surface area contributed by atoms with Crippen LogP contribution in [0, 0.1) is 0 Å². The number of nitrogens with zero attached hydrogens (tertiary/aromatic N) is 2. The molecule has 0 aromatic carbocycles. The van der Waals surface area contributed by atoms with Gasteiger partial charge in [0, 0.05) is 31.2 Å². The zero-order valence-corrected chi connectivity index (χ0v) is 8.53. The normalized spacial score (nSPS) is 10.0. The van der Waals surface area contributed by atoms with Gasteiger partial charge in [0.05, 0.1) is 0 Å². The molecule has 0 radical (unpaired) electrons. The maximum absolute atomic E-state index is 4.02. The van der Waals surface area contributed by atoms with Crippen molar-refractivity contribution >= 4 is 5.69 Å². The molecule has 0 spiro atoms. The summed E-state index contributed by atoms with van der Waals surface area (Å²) in [5.41, 5.74) is 1.28. The Hall–Kier alpha value is -1.05. The van der Waals surface area contributed by atoms with Crippen LogP contribution in [0.15, 0.2) is 24.5 Å². The predicted molar refractivity (Wildman–Crippen MR) is 57.0 cm³/mol. The topological polar surface area (TPSA) is 16.1 Å². The van der Waals surface area contributed by atoms with Crippen molar-refractivity contribution in [3.8, 4) is 0 Å². The van der Waals surface area contributed by atoms with Crippen LogP contribution in [0.1, 0.15) is 26.7 Å². The van der Waals surface area contributed by atoms with Crippen LogP contribution >= 0.6 is 0 Å². The minimum absolute atomic E-state index is 1.07. The van der Waals surface area contributed by atoms with E-state index in [4.69, 9.17) is 0 Å². The quantitative estimate of drug-likeness (QED) is 0.689. The summed E-state index contributed by atoms with van der Waals surface area (Å²) in [6.45, 7) is 6.64. The van der Waals surface area contributed by atoms with Crippen molar-refractivity contribution in [1.29, 1.82) is 0 Å². The van der Waals surface area contributed by atoms with Crippen LogP contribution in [0.5, 0.6) is 0 Å². The molecule has 1 heterocycles. The largest absolute Gasteiger partial charge is 0.372 e. The monoisotopic (exact) mass is 178 g/mol. The van der Waals surface area contributed by atoms with Crippen molar-refractivity contribution in [2.45, 2.75) is 26.7 Å². The van der Waals surface area contributed by atoms with Crippen molar-refractivity contribution in [1.82, 2.24) is 4.98 Å². The van der Waals surface area contributed by atoms with E-state index in [0.29, 0.717) is 0 Å². The summed E-state index contributed by atoms with van der Waals surface area (Å²) >= 11 is 0. The number of aromatic nitrogens is 1. The molecule has 0 amide bonds. The highest BCUT2D eigenvalue weighted by atomic mass is 15.1. The molecule has 0 fully saturated rings. The third kappa shape index (κ3) is 3.05. The van der Waals surface area contributed by atoms with Gasteiger partial charge >= 0.3 is 0 Å². The Labute approximate surface area is 80.6 Å². The van der Waals surface area contributed by atoms with E-state index in [-0.39, 0.29) is 0 Å². The van der Waals surface area contributed by atoms with Crippen molar-refractivity contribution in [2.75, 3.05) is 18.0 Å². The molecule has 0 saturated carbocycles. The first kappa shape index (κ1) is 10.0. The highest BCUT2D eigenvalue weighted by Crippen LogP contribution is 2.12. The lowest BCUT2D eigenvalue weighted by Gasteiger charge is -2.22. The van der Waals surface area contributed by atoms with E-state index in [1.807, 2.05) is 12.4 Å². The zero-order valence-electron chi connectivity index (χ0n) is 8.53. The second kappa shape index (κ2) is 5.57. The first-order valence-corrected chi connectivity index (χ1v) is 5.03. The van der Waals surface area contributed by atoms with Crippen LogP contribution < -0.4 is 4.90 Å². The van der Waals surface area contributed by atoms with E-state index in [1.165, 1.54) is 18.5 Å². The average Bonchev–Trinajstić information content (AvgIpc) is 2.21. The fourth-order valence-corrected chi connectivity index (χ4v) is 1.37. The fraction of sp³-hybridized carbons (Fsp3) is 0.545. The lowest BCUT2D eigenvalue weighted by atomic mass is 10.3. The fourth-order valence-electron chi connectivity index (χ4n) is 1.37. The van der Waals surface area contributed by atoms with E-state index in [9.17, 15) is 0 Å². The number of rotatable bonds is 5. The average molecular weight is 178 g/mol. The molecular formula is C11H18N2. The van der Waals surface area contributed by atoms with Crippen LogP contribution in [0.4, 0.5) is 5.69 Å². The van der Waals surface area contributed by atoms with Gasteiger partial charge in [-0.15, -0.1) is 0 Å². The Bertz CT molecular complexity index is 221. The maximum atomic E-state index is 4.02. The predicted octanol–water partition coefficient (Wildman–Crippen LogP) is 2.71. The Morgan fingerprint density at radius 2 is 1.92 bits per heavy atom. The molecular weight excluding hydrogens is 160 g/mol. The number of anilines is 1. The Morgan fingerprint density at radius 1 is 1.23 bits per heavy atom. The van der Waals surface area contributed by atoms with Gasteiger partial charge in [-0.25, -0.2) is 0 Å². The van der Waals surface area contributed by atoms with Crippen LogP contribution in [0.2, 0.25) is 0 Å². The maximum Gasteiger partial charge on any atom is 0.0396 e.